The minimum Gasteiger partial charge on any atom is -0.383 e. The molecule has 3 nitrogen and oxygen atoms in total. The molecule has 90 valence electrons. The molecule has 1 aromatic heterocycles. The lowest BCUT2D eigenvalue weighted by Gasteiger charge is -2.17. The smallest absolute Gasteiger partial charge is 0.136 e. The van der Waals surface area contributed by atoms with Gasteiger partial charge in [0.25, 0.3) is 0 Å². The number of nitrogen functional groups attached to an aromatic ring is 1. The van der Waals surface area contributed by atoms with Crippen LogP contribution in [0.1, 0.15) is 24.9 Å². The summed E-state index contributed by atoms with van der Waals surface area (Å²) in [6.07, 6.45) is 2.63. The van der Waals surface area contributed by atoms with Crippen molar-refractivity contribution in [1.29, 1.82) is 0 Å². The molecular weight excluding hydrogens is 302 g/mol. The summed E-state index contributed by atoms with van der Waals surface area (Å²) in [5.74, 6) is 0.645. The third-order valence-electron chi connectivity index (χ3n) is 2.72. The van der Waals surface area contributed by atoms with E-state index >= 15 is 0 Å². The maximum absolute atomic E-state index is 5.97. The highest BCUT2D eigenvalue weighted by Gasteiger charge is 2.16. The Labute approximate surface area is 114 Å². The molecule has 2 aromatic rings. The van der Waals surface area contributed by atoms with Gasteiger partial charge in [-0.1, -0.05) is 30.7 Å². The number of aromatic nitrogens is 2. The van der Waals surface area contributed by atoms with Gasteiger partial charge in [-0.2, -0.15) is 5.10 Å². The topological polar surface area (TPSA) is 43.8 Å². The van der Waals surface area contributed by atoms with Gasteiger partial charge in [-0.25, -0.2) is 4.68 Å². The summed E-state index contributed by atoms with van der Waals surface area (Å²) < 4.78 is 2.65. The van der Waals surface area contributed by atoms with Crippen LogP contribution in [-0.2, 0) is 0 Å². The number of halogens is 2. The zero-order valence-corrected chi connectivity index (χ0v) is 11.7. The van der Waals surface area contributed by atoms with Gasteiger partial charge in [-0.05, 0) is 40.0 Å². The first-order valence-corrected chi connectivity index (χ1v) is 6.54. The third-order valence-corrected chi connectivity index (χ3v) is 3.59. The first-order valence-electron chi connectivity index (χ1n) is 5.37. The molecule has 0 spiro atoms. The highest BCUT2D eigenvalue weighted by molar-refractivity contribution is 9.10. The van der Waals surface area contributed by atoms with Crippen LogP contribution >= 0.6 is 27.5 Å². The Morgan fingerprint density at radius 2 is 2.06 bits per heavy atom. The number of hydrogen-bond acceptors (Lipinski definition) is 2. The Morgan fingerprint density at radius 1 is 1.41 bits per heavy atom. The molecule has 1 unspecified atom stereocenters. The number of nitrogens with zero attached hydrogens (tertiary/aromatic N) is 2. The van der Waals surface area contributed by atoms with E-state index < -0.39 is 0 Å². The second-order valence-electron chi connectivity index (χ2n) is 3.80. The van der Waals surface area contributed by atoms with E-state index in [0.29, 0.717) is 5.82 Å². The van der Waals surface area contributed by atoms with Gasteiger partial charge in [0.2, 0.25) is 0 Å². The van der Waals surface area contributed by atoms with Crippen LogP contribution < -0.4 is 5.73 Å². The lowest BCUT2D eigenvalue weighted by atomic mass is 10.1. The van der Waals surface area contributed by atoms with E-state index in [9.17, 15) is 0 Å². The molecule has 0 radical (unpaired) electrons. The van der Waals surface area contributed by atoms with Gasteiger partial charge in [0, 0.05) is 5.02 Å². The minimum absolute atomic E-state index is 0.138. The molecule has 1 heterocycles. The average Bonchev–Trinajstić information content (AvgIpc) is 2.65. The van der Waals surface area contributed by atoms with E-state index in [1.807, 2.05) is 28.9 Å². The van der Waals surface area contributed by atoms with E-state index in [1.165, 1.54) is 0 Å². The highest BCUT2D eigenvalue weighted by atomic mass is 79.9. The summed E-state index contributed by atoms with van der Waals surface area (Å²) in [7, 11) is 0. The molecule has 0 saturated carbocycles. The van der Waals surface area contributed by atoms with Crippen LogP contribution in [0.5, 0.6) is 0 Å². The van der Waals surface area contributed by atoms with Gasteiger partial charge < -0.3 is 5.73 Å². The van der Waals surface area contributed by atoms with Gasteiger partial charge in [0.15, 0.2) is 0 Å². The van der Waals surface area contributed by atoms with Crippen molar-refractivity contribution in [2.75, 3.05) is 5.73 Å². The van der Waals surface area contributed by atoms with Crippen LogP contribution in [-0.4, -0.2) is 9.78 Å². The van der Waals surface area contributed by atoms with Gasteiger partial charge in [-0.15, -0.1) is 0 Å². The molecular formula is C12H13BrClN3. The molecule has 0 amide bonds. The summed E-state index contributed by atoms with van der Waals surface area (Å²) in [5.41, 5.74) is 7.13. The molecule has 1 aromatic carbocycles. The fourth-order valence-corrected chi connectivity index (χ4v) is 2.23. The van der Waals surface area contributed by atoms with E-state index in [2.05, 4.69) is 28.0 Å². The average molecular weight is 315 g/mol. The van der Waals surface area contributed by atoms with Crippen molar-refractivity contribution < 1.29 is 0 Å². The Morgan fingerprint density at radius 3 is 2.53 bits per heavy atom. The largest absolute Gasteiger partial charge is 0.383 e. The van der Waals surface area contributed by atoms with Crippen molar-refractivity contribution in [3.8, 4) is 0 Å². The summed E-state index contributed by atoms with van der Waals surface area (Å²) in [5, 5.41) is 5.03. The van der Waals surface area contributed by atoms with Crippen LogP contribution in [0, 0.1) is 0 Å². The molecule has 17 heavy (non-hydrogen) atoms. The van der Waals surface area contributed by atoms with Crippen LogP contribution in [0.2, 0.25) is 5.02 Å². The third kappa shape index (κ3) is 2.48. The monoisotopic (exact) mass is 313 g/mol. The molecule has 0 aliphatic heterocycles. The second-order valence-corrected chi connectivity index (χ2v) is 5.09. The Bertz CT molecular complexity index is 507. The first kappa shape index (κ1) is 12.5. The summed E-state index contributed by atoms with van der Waals surface area (Å²) >= 11 is 9.25. The fourth-order valence-electron chi connectivity index (χ4n) is 1.83. The molecule has 0 bridgehead atoms. The van der Waals surface area contributed by atoms with Crippen molar-refractivity contribution in [3.63, 3.8) is 0 Å². The number of nitrogens with two attached hydrogens (primary N) is 1. The maximum atomic E-state index is 5.97. The van der Waals surface area contributed by atoms with Crippen molar-refractivity contribution in [2.45, 2.75) is 19.4 Å². The summed E-state index contributed by atoms with van der Waals surface area (Å²) in [4.78, 5) is 0. The fraction of sp³-hybridized carbons (Fsp3) is 0.250. The van der Waals surface area contributed by atoms with E-state index in [-0.39, 0.29) is 6.04 Å². The summed E-state index contributed by atoms with van der Waals surface area (Å²) in [6, 6.07) is 7.91. The number of hydrogen-bond donors (Lipinski definition) is 1. The molecule has 0 fully saturated rings. The number of benzene rings is 1. The predicted octanol–water partition coefficient (Wildman–Crippen LogP) is 3.88. The second kappa shape index (κ2) is 5.10. The Hall–Kier alpha value is -1.00. The summed E-state index contributed by atoms with van der Waals surface area (Å²) in [6.45, 7) is 2.11. The zero-order chi connectivity index (χ0) is 12.4. The highest BCUT2D eigenvalue weighted by Crippen LogP contribution is 2.28. The standard InChI is InChI=1S/C12H13BrClN3/c1-2-11(8-3-5-9(14)6-4-8)17-12(15)10(13)7-16-17/h3-7,11H,2,15H2,1H3. The van der Waals surface area contributed by atoms with E-state index in [4.69, 9.17) is 17.3 Å². The van der Waals surface area contributed by atoms with Crippen LogP contribution in [0.25, 0.3) is 0 Å². The molecule has 2 N–H and O–H groups in total. The maximum Gasteiger partial charge on any atom is 0.136 e. The lowest BCUT2D eigenvalue weighted by Crippen LogP contribution is -2.13. The van der Waals surface area contributed by atoms with Crippen molar-refractivity contribution in [2.24, 2.45) is 0 Å². The number of rotatable bonds is 3. The minimum atomic E-state index is 0.138. The molecule has 0 aliphatic rings. The van der Waals surface area contributed by atoms with Crippen LogP contribution in [0.15, 0.2) is 34.9 Å². The van der Waals surface area contributed by atoms with Crippen molar-refractivity contribution >= 4 is 33.3 Å². The predicted molar refractivity (Wildman–Crippen MR) is 74.2 cm³/mol. The van der Waals surface area contributed by atoms with Crippen LogP contribution in [0.3, 0.4) is 0 Å². The van der Waals surface area contributed by atoms with Gasteiger partial charge in [0.1, 0.15) is 5.82 Å². The molecule has 0 saturated heterocycles. The van der Waals surface area contributed by atoms with Crippen molar-refractivity contribution in [3.05, 3.63) is 45.5 Å². The van der Waals surface area contributed by atoms with Gasteiger partial charge >= 0.3 is 0 Å². The zero-order valence-electron chi connectivity index (χ0n) is 9.40. The van der Waals surface area contributed by atoms with Gasteiger partial charge in [0.05, 0.1) is 16.7 Å². The van der Waals surface area contributed by atoms with E-state index in [1.54, 1.807) is 6.20 Å². The van der Waals surface area contributed by atoms with E-state index in [0.717, 1.165) is 21.5 Å². The SMILES string of the molecule is CCC(c1ccc(Cl)cc1)n1ncc(Br)c1N. The lowest BCUT2D eigenvalue weighted by molar-refractivity contribution is 0.516. The van der Waals surface area contributed by atoms with Crippen molar-refractivity contribution in [1.82, 2.24) is 9.78 Å². The normalized spacial score (nSPS) is 12.6. The molecule has 2 rings (SSSR count). The molecule has 5 heteroatoms. The van der Waals surface area contributed by atoms with Gasteiger partial charge in [-0.3, -0.25) is 0 Å². The number of anilines is 1. The molecule has 0 aliphatic carbocycles. The van der Waals surface area contributed by atoms with Crippen LogP contribution in [0.4, 0.5) is 5.82 Å². The Kier molecular flexibility index (Phi) is 3.74. The first-order chi connectivity index (χ1) is 8.13. The Balaban J connectivity index is 2.40. The quantitative estimate of drug-likeness (QED) is 0.934. The molecule has 1 atom stereocenters.